The Morgan fingerprint density at radius 2 is 1.78 bits per heavy atom. The molecule has 0 aliphatic carbocycles. The van der Waals surface area contributed by atoms with Gasteiger partial charge < -0.3 is 15.2 Å². The van der Waals surface area contributed by atoms with Gasteiger partial charge in [-0.2, -0.15) is 0 Å². The summed E-state index contributed by atoms with van der Waals surface area (Å²) in [6, 6.07) is 7.76. The summed E-state index contributed by atoms with van der Waals surface area (Å²) in [6.07, 6.45) is 0. The summed E-state index contributed by atoms with van der Waals surface area (Å²) in [5.41, 5.74) is 7.40. The zero-order valence-electron chi connectivity index (χ0n) is 11.2. The number of hydrogen-bond donors (Lipinski definition) is 1. The maximum absolute atomic E-state index is 5.56. The van der Waals surface area contributed by atoms with Crippen LogP contribution in [-0.4, -0.2) is 23.8 Å². The summed E-state index contributed by atoms with van der Waals surface area (Å²) in [6.45, 7) is 7.86. The van der Waals surface area contributed by atoms with Gasteiger partial charge in [0.2, 0.25) is 0 Å². The number of hydrogen-bond acceptors (Lipinski definition) is 3. The molecule has 0 saturated heterocycles. The predicted molar refractivity (Wildman–Crippen MR) is 77.7 cm³/mol. The molecule has 1 aromatic carbocycles. The Labute approximate surface area is 114 Å². The first-order chi connectivity index (χ1) is 8.38. The second-order valence-corrected chi connectivity index (χ2v) is 5.51. The lowest BCUT2D eigenvalue weighted by Gasteiger charge is -2.19. The molecule has 0 spiro atoms. The van der Waals surface area contributed by atoms with Crippen LogP contribution >= 0.6 is 12.2 Å². The lowest BCUT2D eigenvalue weighted by molar-refractivity contribution is -0.0376. The Morgan fingerprint density at radius 1 is 1.17 bits per heavy atom. The minimum absolute atomic E-state index is 0.109. The van der Waals surface area contributed by atoms with Gasteiger partial charge >= 0.3 is 0 Å². The Bertz CT molecular complexity index is 382. The van der Waals surface area contributed by atoms with Gasteiger partial charge in [-0.25, -0.2) is 0 Å². The quantitative estimate of drug-likeness (QED) is 0.636. The summed E-state index contributed by atoms with van der Waals surface area (Å²) in [4.78, 5) is 0.418. The molecule has 0 aromatic heterocycles. The summed E-state index contributed by atoms with van der Waals surface area (Å²) in [5.74, 6) is 0. The number of rotatable bonds is 6. The molecule has 1 aromatic rings. The van der Waals surface area contributed by atoms with Crippen LogP contribution in [0.1, 0.15) is 31.9 Å². The molecule has 1 rings (SSSR count). The first-order valence-corrected chi connectivity index (χ1v) is 6.40. The number of nitrogens with two attached hydrogens (primary N) is 1. The van der Waals surface area contributed by atoms with Crippen LogP contribution in [0.5, 0.6) is 0 Å². The maximum Gasteiger partial charge on any atom is 0.103 e. The zero-order valence-corrected chi connectivity index (χ0v) is 12.0. The van der Waals surface area contributed by atoms with Crippen molar-refractivity contribution >= 4 is 17.2 Å². The van der Waals surface area contributed by atoms with E-state index in [0.717, 1.165) is 11.1 Å². The average Bonchev–Trinajstić information content (AvgIpc) is 2.27. The van der Waals surface area contributed by atoms with Crippen molar-refractivity contribution in [3.63, 3.8) is 0 Å². The van der Waals surface area contributed by atoms with Crippen molar-refractivity contribution in [1.29, 1.82) is 0 Å². The molecular formula is C14H21NO2S. The fourth-order valence-electron chi connectivity index (χ4n) is 1.36. The van der Waals surface area contributed by atoms with Crippen LogP contribution in [0.3, 0.4) is 0 Å². The van der Waals surface area contributed by atoms with Gasteiger partial charge in [-0.05, 0) is 26.3 Å². The molecule has 4 heteroatoms. The van der Waals surface area contributed by atoms with Crippen LogP contribution in [0.25, 0.3) is 0 Å². The van der Waals surface area contributed by atoms with E-state index in [-0.39, 0.29) is 5.60 Å². The third-order valence-electron chi connectivity index (χ3n) is 2.27. The molecule has 0 radical (unpaired) electrons. The zero-order chi connectivity index (χ0) is 13.6. The highest BCUT2D eigenvalue weighted by Crippen LogP contribution is 2.07. The largest absolute Gasteiger partial charge is 0.389 e. The van der Waals surface area contributed by atoms with Crippen molar-refractivity contribution in [1.82, 2.24) is 0 Å². The average molecular weight is 267 g/mol. The van der Waals surface area contributed by atoms with Crippen molar-refractivity contribution in [3.8, 4) is 0 Å². The van der Waals surface area contributed by atoms with Crippen molar-refractivity contribution < 1.29 is 9.47 Å². The number of ether oxygens (including phenoxy) is 2. The highest BCUT2D eigenvalue weighted by molar-refractivity contribution is 7.80. The molecule has 0 aliphatic heterocycles. The molecule has 0 aliphatic rings. The van der Waals surface area contributed by atoms with Crippen molar-refractivity contribution in [2.24, 2.45) is 5.73 Å². The molecule has 2 N–H and O–H groups in total. The molecule has 0 amide bonds. The third kappa shape index (κ3) is 6.10. The number of benzene rings is 1. The Kier molecular flexibility index (Phi) is 5.72. The minimum Gasteiger partial charge on any atom is -0.389 e. The van der Waals surface area contributed by atoms with Crippen LogP contribution in [0, 0.1) is 0 Å². The highest BCUT2D eigenvalue weighted by atomic mass is 32.1. The molecule has 0 unspecified atom stereocenters. The highest BCUT2D eigenvalue weighted by Gasteiger charge is 2.08. The predicted octanol–water partition coefficient (Wildman–Crippen LogP) is 2.65. The normalized spacial score (nSPS) is 11.5. The van der Waals surface area contributed by atoms with E-state index in [2.05, 4.69) is 0 Å². The fraction of sp³-hybridized carbons (Fsp3) is 0.500. The Balaban J connectivity index is 2.25. The van der Waals surface area contributed by atoms with Crippen LogP contribution < -0.4 is 5.73 Å². The molecular weight excluding hydrogens is 246 g/mol. The standard InChI is InChI=1S/C14H21NO2S/c1-14(2,3)17-9-8-16-10-11-4-6-12(7-5-11)13(15)18/h4-7H,8-10H2,1-3H3,(H2,15,18). The number of thiocarbonyl (C=S) groups is 1. The van der Waals surface area contributed by atoms with Gasteiger partial charge in [0, 0.05) is 5.56 Å². The molecule has 0 fully saturated rings. The van der Waals surface area contributed by atoms with E-state index < -0.39 is 0 Å². The Morgan fingerprint density at radius 3 is 2.28 bits per heavy atom. The van der Waals surface area contributed by atoms with E-state index in [0.29, 0.717) is 24.8 Å². The summed E-state index contributed by atoms with van der Waals surface area (Å²) in [7, 11) is 0. The van der Waals surface area contributed by atoms with Gasteiger partial charge in [0.25, 0.3) is 0 Å². The van der Waals surface area contributed by atoms with Gasteiger partial charge in [0.15, 0.2) is 0 Å². The lowest BCUT2D eigenvalue weighted by atomic mass is 10.1. The van der Waals surface area contributed by atoms with E-state index in [1.165, 1.54) is 0 Å². The Hall–Kier alpha value is -0.970. The molecule has 0 saturated carbocycles. The first kappa shape index (κ1) is 15.1. The minimum atomic E-state index is -0.109. The SMILES string of the molecule is CC(C)(C)OCCOCc1ccc(C(N)=S)cc1. The van der Waals surface area contributed by atoms with E-state index in [4.69, 9.17) is 27.4 Å². The van der Waals surface area contributed by atoms with Gasteiger partial charge in [0.1, 0.15) is 4.99 Å². The van der Waals surface area contributed by atoms with E-state index in [1.807, 2.05) is 45.0 Å². The van der Waals surface area contributed by atoms with E-state index in [1.54, 1.807) is 0 Å². The fourth-order valence-corrected chi connectivity index (χ4v) is 1.50. The molecule has 0 bridgehead atoms. The first-order valence-electron chi connectivity index (χ1n) is 5.99. The summed E-state index contributed by atoms with van der Waals surface area (Å²) < 4.78 is 11.1. The topological polar surface area (TPSA) is 44.5 Å². The van der Waals surface area contributed by atoms with Gasteiger partial charge in [-0.15, -0.1) is 0 Å². The smallest absolute Gasteiger partial charge is 0.103 e. The summed E-state index contributed by atoms with van der Waals surface area (Å²) in [5, 5.41) is 0. The van der Waals surface area contributed by atoms with Gasteiger partial charge in [-0.1, -0.05) is 36.5 Å². The van der Waals surface area contributed by atoms with Crippen molar-refractivity contribution in [2.45, 2.75) is 33.0 Å². The van der Waals surface area contributed by atoms with Crippen LogP contribution in [0.15, 0.2) is 24.3 Å². The second-order valence-electron chi connectivity index (χ2n) is 5.07. The van der Waals surface area contributed by atoms with E-state index >= 15 is 0 Å². The second kappa shape index (κ2) is 6.83. The van der Waals surface area contributed by atoms with Crippen molar-refractivity contribution in [2.75, 3.05) is 13.2 Å². The van der Waals surface area contributed by atoms with Crippen molar-refractivity contribution in [3.05, 3.63) is 35.4 Å². The maximum atomic E-state index is 5.56. The van der Waals surface area contributed by atoms with Gasteiger partial charge in [0.05, 0.1) is 25.4 Å². The molecule has 3 nitrogen and oxygen atoms in total. The molecule has 0 atom stereocenters. The third-order valence-corrected chi connectivity index (χ3v) is 2.51. The lowest BCUT2D eigenvalue weighted by Crippen LogP contribution is -2.21. The molecule has 100 valence electrons. The monoisotopic (exact) mass is 267 g/mol. The van der Waals surface area contributed by atoms with Crippen LogP contribution in [0.2, 0.25) is 0 Å². The molecule has 0 heterocycles. The van der Waals surface area contributed by atoms with Crippen LogP contribution in [0.4, 0.5) is 0 Å². The van der Waals surface area contributed by atoms with Crippen LogP contribution in [-0.2, 0) is 16.1 Å². The van der Waals surface area contributed by atoms with Gasteiger partial charge in [-0.3, -0.25) is 0 Å². The summed E-state index contributed by atoms with van der Waals surface area (Å²) >= 11 is 4.89. The van der Waals surface area contributed by atoms with E-state index in [9.17, 15) is 0 Å². The molecule has 18 heavy (non-hydrogen) atoms.